The van der Waals surface area contributed by atoms with Crippen LogP contribution >= 0.6 is 23.2 Å². The Morgan fingerprint density at radius 2 is 2.15 bits per heavy atom. The van der Waals surface area contributed by atoms with Crippen LogP contribution in [0.1, 0.15) is 30.1 Å². The molecule has 6 heteroatoms. The van der Waals surface area contributed by atoms with Gasteiger partial charge in [-0.25, -0.2) is 4.98 Å². The van der Waals surface area contributed by atoms with Gasteiger partial charge in [0, 0.05) is 19.3 Å². The van der Waals surface area contributed by atoms with E-state index in [1.165, 1.54) is 38.2 Å². The number of nitrogens with one attached hydrogen (secondary N) is 1. The Kier molecular flexibility index (Phi) is 5.64. The summed E-state index contributed by atoms with van der Waals surface area (Å²) in [4.78, 5) is 18.3. The molecule has 1 aliphatic heterocycles. The highest BCUT2D eigenvalue weighted by Gasteiger charge is 2.16. The van der Waals surface area contributed by atoms with Gasteiger partial charge in [-0.05, 0) is 37.9 Å². The highest BCUT2D eigenvalue weighted by Crippen LogP contribution is 2.18. The van der Waals surface area contributed by atoms with Crippen molar-refractivity contribution in [1.82, 2.24) is 15.2 Å². The summed E-state index contributed by atoms with van der Waals surface area (Å²) in [5.41, 5.74) is 0.375. The Balaban J connectivity index is 1.83. The molecule has 1 amide bonds. The molecule has 1 atom stereocenters. The minimum atomic E-state index is -0.201. The van der Waals surface area contributed by atoms with E-state index in [1.807, 2.05) is 0 Å². The van der Waals surface area contributed by atoms with Crippen molar-refractivity contribution in [2.24, 2.45) is 5.92 Å². The lowest BCUT2D eigenvalue weighted by molar-refractivity contribution is 0.0945. The third kappa shape index (κ3) is 4.33. The quantitative estimate of drug-likeness (QED) is 0.850. The molecule has 1 aliphatic rings. The van der Waals surface area contributed by atoms with E-state index >= 15 is 0 Å². The van der Waals surface area contributed by atoms with Gasteiger partial charge < -0.3 is 10.2 Å². The van der Waals surface area contributed by atoms with E-state index in [-0.39, 0.29) is 11.1 Å². The van der Waals surface area contributed by atoms with Crippen LogP contribution in [0.5, 0.6) is 0 Å². The van der Waals surface area contributed by atoms with Crippen LogP contribution in [0.3, 0.4) is 0 Å². The van der Waals surface area contributed by atoms with Gasteiger partial charge in [0.1, 0.15) is 5.15 Å². The second-order valence-corrected chi connectivity index (χ2v) is 6.10. The largest absolute Gasteiger partial charge is 0.352 e. The molecule has 0 radical (unpaired) electrons. The molecular weight excluding hydrogens is 297 g/mol. The molecule has 0 aliphatic carbocycles. The summed E-state index contributed by atoms with van der Waals surface area (Å²) in [6.07, 6.45) is 3.96. The smallest absolute Gasteiger partial charge is 0.252 e. The van der Waals surface area contributed by atoms with Crippen molar-refractivity contribution in [3.63, 3.8) is 0 Å². The molecule has 1 unspecified atom stereocenters. The van der Waals surface area contributed by atoms with Gasteiger partial charge in [-0.2, -0.15) is 0 Å². The first-order chi connectivity index (χ1) is 9.56. The molecule has 1 saturated heterocycles. The molecule has 2 heterocycles. The molecule has 20 heavy (non-hydrogen) atoms. The summed E-state index contributed by atoms with van der Waals surface area (Å²) in [6, 6.07) is 1.49. The molecule has 1 aromatic rings. The highest BCUT2D eigenvalue weighted by atomic mass is 35.5. The fourth-order valence-corrected chi connectivity index (χ4v) is 2.77. The van der Waals surface area contributed by atoms with Crippen molar-refractivity contribution >= 4 is 29.1 Å². The van der Waals surface area contributed by atoms with Gasteiger partial charge in [-0.3, -0.25) is 4.79 Å². The van der Waals surface area contributed by atoms with Crippen LogP contribution in [0.4, 0.5) is 0 Å². The number of pyridine rings is 1. The minimum absolute atomic E-state index is 0.201. The average molecular weight is 316 g/mol. The molecule has 0 spiro atoms. The summed E-state index contributed by atoms with van der Waals surface area (Å²) in [6.45, 7) is 6.13. The lowest BCUT2D eigenvalue weighted by atomic mass is 10.1. The Morgan fingerprint density at radius 3 is 2.85 bits per heavy atom. The Labute approximate surface area is 129 Å². The fourth-order valence-electron chi connectivity index (χ4n) is 2.42. The van der Waals surface area contributed by atoms with Gasteiger partial charge in [0.2, 0.25) is 0 Å². The van der Waals surface area contributed by atoms with E-state index in [0.717, 1.165) is 6.54 Å². The van der Waals surface area contributed by atoms with Crippen LogP contribution in [-0.4, -0.2) is 42.0 Å². The van der Waals surface area contributed by atoms with Crippen molar-refractivity contribution in [3.05, 3.63) is 28.0 Å². The molecule has 2 rings (SSSR count). The van der Waals surface area contributed by atoms with Crippen molar-refractivity contribution < 1.29 is 4.79 Å². The van der Waals surface area contributed by atoms with Crippen molar-refractivity contribution in [1.29, 1.82) is 0 Å². The van der Waals surface area contributed by atoms with E-state index in [0.29, 0.717) is 23.0 Å². The third-order valence-electron chi connectivity index (χ3n) is 3.45. The zero-order valence-corrected chi connectivity index (χ0v) is 13.0. The zero-order valence-electron chi connectivity index (χ0n) is 11.5. The third-order valence-corrected chi connectivity index (χ3v) is 3.95. The maximum atomic E-state index is 12.1. The first kappa shape index (κ1) is 15.5. The number of hydrogen-bond donors (Lipinski definition) is 1. The highest BCUT2D eigenvalue weighted by molar-refractivity contribution is 6.35. The SMILES string of the molecule is CC(CNC(=O)c1cc(Cl)ncc1Cl)CN1CCCC1. The van der Waals surface area contributed by atoms with E-state index in [1.54, 1.807) is 0 Å². The molecule has 1 aromatic heterocycles. The Hall–Kier alpha value is -0.840. The van der Waals surface area contributed by atoms with E-state index in [4.69, 9.17) is 23.2 Å². The molecular formula is C14H19Cl2N3O. The number of carbonyl (C=O) groups is 1. The Bertz CT molecular complexity index is 475. The summed E-state index contributed by atoms with van der Waals surface area (Å²) in [5, 5.41) is 3.49. The van der Waals surface area contributed by atoms with Crippen LogP contribution < -0.4 is 5.32 Å². The Morgan fingerprint density at radius 1 is 1.45 bits per heavy atom. The first-order valence-electron chi connectivity index (χ1n) is 6.88. The van der Waals surface area contributed by atoms with E-state index < -0.39 is 0 Å². The molecule has 0 aromatic carbocycles. The van der Waals surface area contributed by atoms with Crippen LogP contribution in [0, 0.1) is 5.92 Å². The van der Waals surface area contributed by atoms with Crippen molar-refractivity contribution in [3.8, 4) is 0 Å². The number of carbonyl (C=O) groups excluding carboxylic acids is 1. The predicted octanol–water partition coefficient (Wildman–Crippen LogP) is 2.85. The number of nitrogens with zero attached hydrogens (tertiary/aromatic N) is 2. The van der Waals surface area contributed by atoms with E-state index in [2.05, 4.69) is 22.1 Å². The number of hydrogen-bond acceptors (Lipinski definition) is 3. The second-order valence-electron chi connectivity index (χ2n) is 5.31. The van der Waals surface area contributed by atoms with Crippen molar-refractivity contribution in [2.75, 3.05) is 26.2 Å². The number of amides is 1. The first-order valence-corrected chi connectivity index (χ1v) is 7.63. The van der Waals surface area contributed by atoms with Crippen LogP contribution in [0.15, 0.2) is 12.3 Å². The van der Waals surface area contributed by atoms with Gasteiger partial charge in [-0.15, -0.1) is 0 Å². The number of rotatable bonds is 5. The second kappa shape index (κ2) is 7.25. The zero-order chi connectivity index (χ0) is 14.5. The standard InChI is InChI=1S/C14H19Cl2N3O/c1-10(9-19-4-2-3-5-19)7-18-14(20)11-6-13(16)17-8-12(11)15/h6,8,10H,2-5,7,9H2,1H3,(H,18,20). The van der Waals surface area contributed by atoms with E-state index in [9.17, 15) is 4.79 Å². The van der Waals surface area contributed by atoms with Gasteiger partial charge in [0.15, 0.2) is 0 Å². The van der Waals surface area contributed by atoms with Gasteiger partial charge in [0.05, 0.1) is 10.6 Å². The lowest BCUT2D eigenvalue weighted by Crippen LogP contribution is -2.34. The minimum Gasteiger partial charge on any atom is -0.352 e. The summed E-state index contributed by atoms with van der Waals surface area (Å²) in [7, 11) is 0. The number of likely N-dealkylation sites (tertiary alicyclic amines) is 1. The topological polar surface area (TPSA) is 45.2 Å². The number of halogens is 2. The fraction of sp³-hybridized carbons (Fsp3) is 0.571. The summed E-state index contributed by atoms with van der Waals surface area (Å²) in [5.74, 6) is 0.209. The van der Waals surface area contributed by atoms with Crippen LogP contribution in [0.2, 0.25) is 10.2 Å². The number of aromatic nitrogens is 1. The monoisotopic (exact) mass is 315 g/mol. The summed E-state index contributed by atoms with van der Waals surface area (Å²) < 4.78 is 0. The normalized spacial score (nSPS) is 17.1. The molecule has 110 valence electrons. The average Bonchev–Trinajstić information content (AvgIpc) is 2.91. The lowest BCUT2D eigenvalue weighted by Gasteiger charge is -2.20. The van der Waals surface area contributed by atoms with Gasteiger partial charge in [0.25, 0.3) is 5.91 Å². The van der Waals surface area contributed by atoms with Crippen molar-refractivity contribution in [2.45, 2.75) is 19.8 Å². The molecule has 1 fully saturated rings. The van der Waals surface area contributed by atoms with Crippen LogP contribution in [0.25, 0.3) is 0 Å². The van der Waals surface area contributed by atoms with Gasteiger partial charge >= 0.3 is 0 Å². The molecule has 1 N–H and O–H groups in total. The maximum Gasteiger partial charge on any atom is 0.252 e. The van der Waals surface area contributed by atoms with Gasteiger partial charge in [-0.1, -0.05) is 30.1 Å². The van der Waals surface area contributed by atoms with Crippen LogP contribution in [-0.2, 0) is 0 Å². The molecule has 0 bridgehead atoms. The maximum absolute atomic E-state index is 12.1. The molecule has 0 saturated carbocycles. The summed E-state index contributed by atoms with van der Waals surface area (Å²) >= 11 is 11.7. The predicted molar refractivity (Wildman–Crippen MR) is 81.4 cm³/mol. The molecule has 4 nitrogen and oxygen atoms in total.